The lowest BCUT2D eigenvalue weighted by Gasteiger charge is -2.35. The zero-order valence-electron chi connectivity index (χ0n) is 26.9. The van der Waals surface area contributed by atoms with E-state index in [0.29, 0.717) is 13.2 Å². The van der Waals surface area contributed by atoms with Gasteiger partial charge in [-0.2, -0.15) is 0 Å². The Kier molecular flexibility index (Phi) is 13.8. The number of unbranched alkanes of at least 4 members (excludes halogenated alkanes) is 9. The van der Waals surface area contributed by atoms with Crippen LogP contribution in [-0.2, 0) is 33.7 Å². The number of carbonyl (C=O) groups excluding carboxylic acids is 1. The van der Waals surface area contributed by atoms with Gasteiger partial charge in [0.05, 0.1) is 4.90 Å². The van der Waals surface area contributed by atoms with E-state index in [1.54, 1.807) is 18.2 Å². The van der Waals surface area contributed by atoms with E-state index in [-0.39, 0.29) is 4.90 Å². The van der Waals surface area contributed by atoms with Crippen molar-refractivity contribution in [2.24, 2.45) is 0 Å². The molecule has 3 saturated heterocycles. The number of nitrogens with one attached hydrogen (secondary N) is 1. The molecule has 5 atom stereocenters. The van der Waals surface area contributed by atoms with Crippen molar-refractivity contribution in [3.63, 3.8) is 0 Å². The van der Waals surface area contributed by atoms with Crippen LogP contribution in [0.5, 0.6) is 0 Å². The number of ether oxygens (including phenoxy) is 5. The summed E-state index contributed by atoms with van der Waals surface area (Å²) < 4.78 is 58.6. The first-order valence-corrected chi connectivity index (χ1v) is 18.3. The number of likely N-dealkylation sites (tertiary alicyclic amines) is 1. The summed E-state index contributed by atoms with van der Waals surface area (Å²) in [6.07, 6.45) is 11.3. The maximum absolute atomic E-state index is 13.1. The molecule has 3 heterocycles. The fourth-order valence-corrected chi connectivity index (χ4v) is 7.24. The fraction of sp³-hybridized carbons (Fsp3) is 0.788. The van der Waals surface area contributed by atoms with Gasteiger partial charge in [-0.1, -0.05) is 89.3 Å². The second kappa shape index (κ2) is 17.2. The lowest BCUT2D eigenvalue weighted by Crippen LogP contribution is -2.51. The van der Waals surface area contributed by atoms with E-state index < -0.39 is 52.6 Å². The zero-order valence-corrected chi connectivity index (χ0v) is 27.7. The first-order valence-electron chi connectivity index (χ1n) is 16.8. The predicted octanol–water partition coefficient (Wildman–Crippen LogP) is 6.14. The molecule has 1 aromatic carbocycles. The fourth-order valence-electron chi connectivity index (χ4n) is 6.34. The molecule has 4 rings (SSSR count). The van der Waals surface area contributed by atoms with E-state index in [1.165, 1.54) is 63.5 Å². The van der Waals surface area contributed by atoms with Gasteiger partial charge in [-0.25, -0.2) is 17.9 Å². The summed E-state index contributed by atoms with van der Waals surface area (Å²) in [7, 11) is -4.10. The molecule has 1 N–H and O–H groups in total. The Morgan fingerprint density at radius 1 is 0.955 bits per heavy atom. The maximum atomic E-state index is 13.1. The highest BCUT2D eigenvalue weighted by Crippen LogP contribution is 2.40. The van der Waals surface area contributed by atoms with Crippen LogP contribution in [0.15, 0.2) is 35.2 Å². The van der Waals surface area contributed by atoms with Gasteiger partial charge in [0, 0.05) is 13.2 Å². The minimum Gasteiger partial charge on any atom is -0.441 e. The molecule has 0 bridgehead atoms. The van der Waals surface area contributed by atoms with Crippen LogP contribution in [0, 0.1) is 0 Å². The van der Waals surface area contributed by atoms with Gasteiger partial charge in [0.1, 0.15) is 24.4 Å². The molecule has 1 aromatic rings. The third-order valence-electron chi connectivity index (χ3n) is 8.62. The molecule has 3 aliphatic heterocycles. The highest BCUT2D eigenvalue weighted by molar-refractivity contribution is 7.90. The van der Waals surface area contributed by atoms with E-state index in [9.17, 15) is 13.2 Å². The van der Waals surface area contributed by atoms with E-state index in [2.05, 4.69) is 16.5 Å². The van der Waals surface area contributed by atoms with Crippen molar-refractivity contribution >= 4 is 16.1 Å². The Bertz CT molecular complexity index is 1100. The molecule has 1 amide bonds. The molecular formula is C33H54N2O8S. The largest absolute Gasteiger partial charge is 0.441 e. The Labute approximate surface area is 264 Å². The van der Waals surface area contributed by atoms with Crippen LogP contribution in [0.1, 0.15) is 104 Å². The topological polar surface area (TPSA) is 113 Å². The Hall–Kier alpha value is -1.76. The van der Waals surface area contributed by atoms with Crippen molar-refractivity contribution in [3.05, 3.63) is 30.3 Å². The van der Waals surface area contributed by atoms with Crippen molar-refractivity contribution in [3.8, 4) is 0 Å². The van der Waals surface area contributed by atoms with Gasteiger partial charge in [-0.05, 0) is 58.3 Å². The minimum absolute atomic E-state index is 0.0158. The molecule has 0 aromatic heterocycles. The lowest BCUT2D eigenvalue weighted by molar-refractivity contribution is -0.230. The van der Waals surface area contributed by atoms with Crippen molar-refractivity contribution in [1.29, 1.82) is 0 Å². The number of hydrogen-bond acceptors (Lipinski definition) is 9. The Morgan fingerprint density at radius 2 is 1.59 bits per heavy atom. The second-order valence-corrected chi connectivity index (χ2v) is 14.5. The van der Waals surface area contributed by atoms with Crippen LogP contribution in [0.2, 0.25) is 0 Å². The standard InChI is InChI=1S/C33H54N2O8S/c1-4-5-6-7-8-9-10-11-12-19-24-39-29-28(41-31-30(29)42-33(2,3)43-31)27(25-35-22-17-14-18-23-35)40-32(36)34-44(37,38)26-20-15-13-16-21-26/h13,15-16,20-21,27-31H,4-12,14,17-19,22-25H2,1-3H3,(H,34,36)/t27-,28-,29+,30-,31-/m1/s1. The predicted molar refractivity (Wildman–Crippen MR) is 168 cm³/mol. The van der Waals surface area contributed by atoms with Crippen LogP contribution < -0.4 is 4.72 Å². The highest BCUT2D eigenvalue weighted by Gasteiger charge is 2.58. The molecule has 250 valence electrons. The molecule has 3 aliphatic rings. The van der Waals surface area contributed by atoms with Gasteiger partial charge in [-0.3, -0.25) is 4.90 Å². The minimum atomic E-state index is -4.10. The van der Waals surface area contributed by atoms with Crippen LogP contribution in [0.25, 0.3) is 0 Å². The van der Waals surface area contributed by atoms with Crippen molar-refractivity contribution < 1.29 is 36.9 Å². The van der Waals surface area contributed by atoms with E-state index in [0.717, 1.165) is 45.2 Å². The monoisotopic (exact) mass is 638 g/mol. The summed E-state index contributed by atoms with van der Waals surface area (Å²) >= 11 is 0. The van der Waals surface area contributed by atoms with Gasteiger partial charge in [0.15, 0.2) is 12.1 Å². The van der Waals surface area contributed by atoms with Crippen LogP contribution >= 0.6 is 0 Å². The van der Waals surface area contributed by atoms with E-state index in [1.807, 2.05) is 13.8 Å². The molecule has 10 nitrogen and oxygen atoms in total. The molecule has 0 radical (unpaired) electrons. The third kappa shape index (κ3) is 10.7. The first kappa shape index (κ1) is 35.1. The maximum Gasteiger partial charge on any atom is 0.421 e. The van der Waals surface area contributed by atoms with Gasteiger partial charge >= 0.3 is 6.09 Å². The smallest absolute Gasteiger partial charge is 0.421 e. The van der Waals surface area contributed by atoms with Gasteiger partial charge in [-0.15, -0.1) is 0 Å². The molecule has 11 heteroatoms. The first-order chi connectivity index (χ1) is 21.2. The second-order valence-electron chi connectivity index (χ2n) is 12.8. The summed E-state index contributed by atoms with van der Waals surface area (Å²) in [6.45, 7) is 8.58. The van der Waals surface area contributed by atoms with Crippen molar-refractivity contribution in [1.82, 2.24) is 9.62 Å². The number of benzene rings is 1. The summed E-state index contributed by atoms with van der Waals surface area (Å²) in [4.78, 5) is 15.3. The van der Waals surface area contributed by atoms with Gasteiger partial charge < -0.3 is 23.7 Å². The van der Waals surface area contributed by atoms with Crippen LogP contribution in [-0.4, -0.2) is 82.1 Å². The third-order valence-corrected chi connectivity index (χ3v) is 9.95. The lowest BCUT2D eigenvalue weighted by atomic mass is 10.0. The van der Waals surface area contributed by atoms with Gasteiger partial charge in [0.25, 0.3) is 10.0 Å². The Balaban J connectivity index is 1.37. The summed E-state index contributed by atoms with van der Waals surface area (Å²) in [5.41, 5.74) is 0. The van der Waals surface area contributed by atoms with Crippen LogP contribution in [0.3, 0.4) is 0 Å². The summed E-state index contributed by atoms with van der Waals surface area (Å²) in [5, 5.41) is 0. The SMILES string of the molecule is CCCCCCCCCCCCO[C@@H]1[C@H]2OC(C)(C)O[C@H]2O[C@@H]1[C@@H](CN1CCCCC1)OC(=O)NS(=O)(=O)c1ccccc1. The van der Waals surface area contributed by atoms with Crippen molar-refractivity contribution in [2.45, 2.75) is 146 Å². The van der Waals surface area contributed by atoms with Crippen LogP contribution in [0.4, 0.5) is 4.79 Å². The molecule has 0 saturated carbocycles. The van der Waals surface area contributed by atoms with E-state index in [4.69, 9.17) is 23.7 Å². The Morgan fingerprint density at radius 3 is 2.25 bits per heavy atom. The quantitative estimate of drug-likeness (QED) is 0.190. The number of amides is 1. The van der Waals surface area contributed by atoms with Crippen molar-refractivity contribution in [2.75, 3.05) is 26.2 Å². The average molecular weight is 639 g/mol. The molecule has 0 unspecified atom stereocenters. The number of nitrogens with zero attached hydrogens (tertiary/aromatic N) is 1. The number of hydrogen-bond donors (Lipinski definition) is 1. The highest BCUT2D eigenvalue weighted by atomic mass is 32.2. The number of carbonyl (C=O) groups is 1. The average Bonchev–Trinajstić information content (AvgIpc) is 3.47. The number of piperidine rings is 1. The normalized spacial score (nSPS) is 25.9. The van der Waals surface area contributed by atoms with E-state index >= 15 is 0 Å². The van der Waals surface area contributed by atoms with Gasteiger partial charge in [0.2, 0.25) is 0 Å². The molecular weight excluding hydrogens is 584 g/mol. The number of fused-ring (bicyclic) bond motifs is 1. The molecule has 3 fully saturated rings. The molecule has 0 aliphatic carbocycles. The zero-order chi connectivity index (χ0) is 31.4. The number of sulfonamides is 1. The molecule has 44 heavy (non-hydrogen) atoms. The molecule has 0 spiro atoms. The summed E-state index contributed by atoms with van der Waals surface area (Å²) in [5.74, 6) is -0.830. The number of rotatable bonds is 18. The summed E-state index contributed by atoms with van der Waals surface area (Å²) in [6, 6.07) is 7.76.